The molecule has 2 atom stereocenters. The van der Waals surface area contributed by atoms with E-state index >= 15 is 0 Å². The molecular formula is C11H17N. The molecule has 0 aliphatic heterocycles. The highest BCUT2D eigenvalue weighted by Gasteiger charge is 2.11. The molecule has 1 aromatic carbocycles. The first-order valence-corrected chi connectivity index (χ1v) is 4.56. The number of hydrogen-bond acceptors (Lipinski definition) is 1. The molecule has 0 heterocycles. The van der Waals surface area contributed by atoms with Crippen molar-refractivity contribution in [3.8, 4) is 0 Å². The zero-order chi connectivity index (χ0) is 8.97. The van der Waals surface area contributed by atoms with Crippen molar-refractivity contribution in [2.24, 2.45) is 5.73 Å². The first-order chi connectivity index (χ1) is 5.75. The molecule has 2 N–H and O–H groups in total. The van der Waals surface area contributed by atoms with Crippen LogP contribution in [0.5, 0.6) is 0 Å². The van der Waals surface area contributed by atoms with Gasteiger partial charge < -0.3 is 5.73 Å². The third-order valence-corrected chi connectivity index (χ3v) is 2.44. The van der Waals surface area contributed by atoms with Crippen molar-refractivity contribution >= 4 is 0 Å². The summed E-state index contributed by atoms with van der Waals surface area (Å²) in [5, 5.41) is 0. The van der Waals surface area contributed by atoms with Gasteiger partial charge in [0.1, 0.15) is 0 Å². The molecule has 0 aliphatic rings. The van der Waals surface area contributed by atoms with Gasteiger partial charge in [-0.25, -0.2) is 0 Å². The summed E-state index contributed by atoms with van der Waals surface area (Å²) < 4.78 is 0. The lowest BCUT2D eigenvalue weighted by Crippen LogP contribution is -2.25. The molecule has 0 radical (unpaired) electrons. The minimum atomic E-state index is 0.285. The van der Waals surface area contributed by atoms with E-state index in [2.05, 4.69) is 38.1 Å². The van der Waals surface area contributed by atoms with Crippen LogP contribution in [-0.4, -0.2) is 6.04 Å². The molecule has 1 heteroatoms. The first kappa shape index (κ1) is 9.27. The van der Waals surface area contributed by atoms with E-state index in [1.807, 2.05) is 6.07 Å². The molecular weight excluding hydrogens is 146 g/mol. The summed E-state index contributed by atoms with van der Waals surface area (Å²) in [5.74, 6) is 0.469. The fourth-order valence-electron chi connectivity index (χ4n) is 1.36. The van der Waals surface area contributed by atoms with Gasteiger partial charge in [0.25, 0.3) is 0 Å². The zero-order valence-corrected chi connectivity index (χ0v) is 7.83. The summed E-state index contributed by atoms with van der Waals surface area (Å²) >= 11 is 0. The fraction of sp³-hybridized carbons (Fsp3) is 0.455. The second kappa shape index (κ2) is 4.27. The lowest BCUT2D eigenvalue weighted by molar-refractivity contribution is 0.551. The summed E-state index contributed by atoms with van der Waals surface area (Å²) in [4.78, 5) is 0. The van der Waals surface area contributed by atoms with Crippen LogP contribution in [0.4, 0.5) is 0 Å². The SMILES string of the molecule is CC[C@@H](N)[C@H](C)c1ccccc1. The Labute approximate surface area is 74.6 Å². The molecule has 0 fully saturated rings. The maximum atomic E-state index is 5.95. The van der Waals surface area contributed by atoms with Gasteiger partial charge in [-0.1, -0.05) is 44.2 Å². The Morgan fingerprint density at radius 3 is 2.33 bits per heavy atom. The summed E-state index contributed by atoms with van der Waals surface area (Å²) in [6, 6.07) is 10.7. The van der Waals surface area contributed by atoms with Crippen molar-refractivity contribution in [2.45, 2.75) is 32.2 Å². The van der Waals surface area contributed by atoms with Gasteiger partial charge in [-0.2, -0.15) is 0 Å². The van der Waals surface area contributed by atoms with Crippen LogP contribution < -0.4 is 5.73 Å². The Hall–Kier alpha value is -0.820. The lowest BCUT2D eigenvalue weighted by Gasteiger charge is -2.18. The van der Waals surface area contributed by atoms with E-state index in [1.165, 1.54) is 5.56 Å². The lowest BCUT2D eigenvalue weighted by atomic mass is 9.92. The van der Waals surface area contributed by atoms with Crippen LogP contribution in [0.1, 0.15) is 31.7 Å². The van der Waals surface area contributed by atoms with Gasteiger partial charge >= 0.3 is 0 Å². The summed E-state index contributed by atoms with van der Waals surface area (Å²) in [5.41, 5.74) is 7.29. The van der Waals surface area contributed by atoms with Crippen molar-refractivity contribution in [2.75, 3.05) is 0 Å². The van der Waals surface area contributed by atoms with E-state index < -0.39 is 0 Å². The Morgan fingerprint density at radius 2 is 1.83 bits per heavy atom. The molecule has 0 spiro atoms. The Kier molecular flexibility index (Phi) is 3.30. The van der Waals surface area contributed by atoms with Crippen molar-refractivity contribution in [3.63, 3.8) is 0 Å². The highest BCUT2D eigenvalue weighted by Crippen LogP contribution is 2.18. The van der Waals surface area contributed by atoms with Crippen LogP contribution in [0.15, 0.2) is 30.3 Å². The monoisotopic (exact) mass is 163 g/mol. The minimum absolute atomic E-state index is 0.285. The standard InChI is InChI=1S/C11H17N/c1-3-11(12)9(2)10-7-5-4-6-8-10/h4-9,11H,3,12H2,1-2H3/t9-,11-/m1/s1. The van der Waals surface area contributed by atoms with E-state index in [0.29, 0.717) is 5.92 Å². The predicted octanol–water partition coefficient (Wildman–Crippen LogP) is 2.53. The van der Waals surface area contributed by atoms with Crippen LogP contribution in [-0.2, 0) is 0 Å². The average molecular weight is 163 g/mol. The molecule has 0 aliphatic carbocycles. The van der Waals surface area contributed by atoms with E-state index in [0.717, 1.165) is 6.42 Å². The molecule has 0 unspecified atom stereocenters. The minimum Gasteiger partial charge on any atom is -0.327 e. The molecule has 0 bridgehead atoms. The Balaban J connectivity index is 2.71. The van der Waals surface area contributed by atoms with Gasteiger partial charge in [-0.05, 0) is 17.9 Å². The topological polar surface area (TPSA) is 26.0 Å². The quantitative estimate of drug-likeness (QED) is 0.728. The zero-order valence-electron chi connectivity index (χ0n) is 7.83. The van der Waals surface area contributed by atoms with Crippen LogP contribution in [0.25, 0.3) is 0 Å². The molecule has 0 amide bonds. The number of rotatable bonds is 3. The largest absolute Gasteiger partial charge is 0.327 e. The van der Waals surface area contributed by atoms with E-state index in [4.69, 9.17) is 5.73 Å². The molecule has 1 rings (SSSR count). The van der Waals surface area contributed by atoms with E-state index in [9.17, 15) is 0 Å². The van der Waals surface area contributed by atoms with Gasteiger partial charge in [0.15, 0.2) is 0 Å². The van der Waals surface area contributed by atoms with Crippen molar-refractivity contribution in [1.82, 2.24) is 0 Å². The second-order valence-corrected chi connectivity index (χ2v) is 3.27. The Morgan fingerprint density at radius 1 is 1.25 bits per heavy atom. The van der Waals surface area contributed by atoms with Crippen molar-refractivity contribution in [3.05, 3.63) is 35.9 Å². The molecule has 0 aromatic heterocycles. The van der Waals surface area contributed by atoms with Gasteiger partial charge in [0, 0.05) is 6.04 Å². The smallest absolute Gasteiger partial charge is 0.0103 e. The highest BCUT2D eigenvalue weighted by molar-refractivity contribution is 5.20. The van der Waals surface area contributed by atoms with Crippen molar-refractivity contribution < 1.29 is 0 Å². The molecule has 1 aromatic rings. The second-order valence-electron chi connectivity index (χ2n) is 3.27. The third kappa shape index (κ3) is 2.08. The van der Waals surface area contributed by atoms with Crippen molar-refractivity contribution in [1.29, 1.82) is 0 Å². The van der Waals surface area contributed by atoms with Crippen LogP contribution in [0, 0.1) is 0 Å². The van der Waals surface area contributed by atoms with E-state index in [1.54, 1.807) is 0 Å². The maximum Gasteiger partial charge on any atom is 0.0103 e. The number of hydrogen-bond donors (Lipinski definition) is 1. The van der Waals surface area contributed by atoms with Gasteiger partial charge in [-0.3, -0.25) is 0 Å². The molecule has 66 valence electrons. The normalized spacial score (nSPS) is 15.6. The number of nitrogens with two attached hydrogens (primary N) is 1. The van der Waals surface area contributed by atoms with Crippen LogP contribution >= 0.6 is 0 Å². The van der Waals surface area contributed by atoms with Crippen LogP contribution in [0.3, 0.4) is 0 Å². The van der Waals surface area contributed by atoms with Crippen LogP contribution in [0.2, 0.25) is 0 Å². The predicted molar refractivity (Wildman–Crippen MR) is 53.1 cm³/mol. The summed E-state index contributed by atoms with van der Waals surface area (Å²) in [6.45, 7) is 4.31. The van der Waals surface area contributed by atoms with Gasteiger partial charge in [0.05, 0.1) is 0 Å². The third-order valence-electron chi connectivity index (χ3n) is 2.44. The maximum absolute atomic E-state index is 5.95. The summed E-state index contributed by atoms with van der Waals surface area (Å²) in [7, 11) is 0. The number of benzene rings is 1. The van der Waals surface area contributed by atoms with E-state index in [-0.39, 0.29) is 6.04 Å². The molecule has 0 saturated heterocycles. The highest BCUT2D eigenvalue weighted by atomic mass is 14.6. The first-order valence-electron chi connectivity index (χ1n) is 4.56. The fourth-order valence-corrected chi connectivity index (χ4v) is 1.36. The van der Waals surface area contributed by atoms with Gasteiger partial charge in [0.2, 0.25) is 0 Å². The molecule has 12 heavy (non-hydrogen) atoms. The van der Waals surface area contributed by atoms with Gasteiger partial charge in [-0.15, -0.1) is 0 Å². The average Bonchev–Trinajstić information content (AvgIpc) is 2.17. The molecule has 0 saturated carbocycles. The molecule has 1 nitrogen and oxygen atoms in total. The summed E-state index contributed by atoms with van der Waals surface area (Å²) in [6.07, 6.45) is 1.04. The Bertz CT molecular complexity index is 218.